The van der Waals surface area contributed by atoms with Crippen LogP contribution in [0.3, 0.4) is 0 Å². The molecule has 0 saturated carbocycles. The maximum atomic E-state index is 6.32. The third kappa shape index (κ3) is 3.13. The molecular weight excluding hydrogens is 238 g/mol. The highest BCUT2D eigenvalue weighted by Gasteiger charge is 2.21. The Labute approximate surface area is 114 Å². The first-order chi connectivity index (χ1) is 9.26. The molecule has 0 aromatic heterocycles. The SMILES string of the molecule is COc1cccc(C(N)C(OC)c2ccccc2)c1. The summed E-state index contributed by atoms with van der Waals surface area (Å²) in [5, 5.41) is 0. The fraction of sp³-hybridized carbons (Fsp3) is 0.250. The van der Waals surface area contributed by atoms with Gasteiger partial charge >= 0.3 is 0 Å². The van der Waals surface area contributed by atoms with Crippen LogP contribution in [0.1, 0.15) is 23.3 Å². The van der Waals surface area contributed by atoms with Crippen LogP contribution in [0.2, 0.25) is 0 Å². The summed E-state index contributed by atoms with van der Waals surface area (Å²) in [6.07, 6.45) is -0.173. The zero-order valence-electron chi connectivity index (χ0n) is 11.2. The molecule has 2 atom stereocenters. The van der Waals surface area contributed by atoms with Crippen molar-refractivity contribution in [3.05, 3.63) is 65.7 Å². The van der Waals surface area contributed by atoms with E-state index in [1.165, 1.54) is 0 Å². The van der Waals surface area contributed by atoms with Crippen molar-refractivity contribution in [3.63, 3.8) is 0 Å². The van der Waals surface area contributed by atoms with E-state index in [1.54, 1.807) is 14.2 Å². The maximum absolute atomic E-state index is 6.32. The summed E-state index contributed by atoms with van der Waals surface area (Å²) in [4.78, 5) is 0. The van der Waals surface area contributed by atoms with Crippen LogP contribution in [0, 0.1) is 0 Å². The lowest BCUT2D eigenvalue weighted by molar-refractivity contribution is 0.0801. The highest BCUT2D eigenvalue weighted by Crippen LogP contribution is 2.30. The van der Waals surface area contributed by atoms with Gasteiger partial charge in [0.1, 0.15) is 11.9 Å². The molecule has 2 aromatic rings. The summed E-state index contributed by atoms with van der Waals surface area (Å²) in [6.45, 7) is 0. The van der Waals surface area contributed by atoms with Gasteiger partial charge in [0.25, 0.3) is 0 Å². The van der Waals surface area contributed by atoms with Gasteiger partial charge in [0.2, 0.25) is 0 Å². The van der Waals surface area contributed by atoms with Crippen molar-refractivity contribution in [2.24, 2.45) is 5.73 Å². The predicted molar refractivity (Wildman–Crippen MR) is 76.1 cm³/mol. The summed E-state index contributed by atoms with van der Waals surface area (Å²) in [5.74, 6) is 0.802. The zero-order chi connectivity index (χ0) is 13.7. The fourth-order valence-electron chi connectivity index (χ4n) is 2.16. The summed E-state index contributed by atoms with van der Waals surface area (Å²) in [6, 6.07) is 17.5. The van der Waals surface area contributed by atoms with E-state index in [9.17, 15) is 0 Å². The molecule has 0 heterocycles. The number of benzene rings is 2. The monoisotopic (exact) mass is 257 g/mol. The average molecular weight is 257 g/mol. The highest BCUT2D eigenvalue weighted by molar-refractivity contribution is 5.32. The van der Waals surface area contributed by atoms with Gasteiger partial charge in [-0.2, -0.15) is 0 Å². The van der Waals surface area contributed by atoms with Crippen LogP contribution in [0.25, 0.3) is 0 Å². The molecule has 0 aliphatic rings. The van der Waals surface area contributed by atoms with Gasteiger partial charge in [-0.1, -0.05) is 42.5 Å². The van der Waals surface area contributed by atoms with Gasteiger partial charge in [0, 0.05) is 7.11 Å². The normalized spacial score (nSPS) is 13.8. The van der Waals surface area contributed by atoms with Gasteiger partial charge in [-0.05, 0) is 23.3 Å². The summed E-state index contributed by atoms with van der Waals surface area (Å²) in [7, 11) is 3.33. The molecule has 0 amide bonds. The molecular formula is C16H19NO2. The van der Waals surface area contributed by atoms with Crippen molar-refractivity contribution in [3.8, 4) is 5.75 Å². The molecule has 0 fully saturated rings. The van der Waals surface area contributed by atoms with Crippen LogP contribution in [0.15, 0.2) is 54.6 Å². The van der Waals surface area contributed by atoms with Crippen molar-refractivity contribution in [1.29, 1.82) is 0 Å². The Morgan fingerprint density at radius 2 is 1.58 bits per heavy atom. The lowest BCUT2D eigenvalue weighted by Gasteiger charge is -2.23. The minimum Gasteiger partial charge on any atom is -0.497 e. The number of rotatable bonds is 5. The van der Waals surface area contributed by atoms with Crippen molar-refractivity contribution < 1.29 is 9.47 Å². The molecule has 100 valence electrons. The first-order valence-corrected chi connectivity index (χ1v) is 6.23. The van der Waals surface area contributed by atoms with Crippen LogP contribution >= 0.6 is 0 Å². The first-order valence-electron chi connectivity index (χ1n) is 6.23. The topological polar surface area (TPSA) is 44.5 Å². The number of ether oxygens (including phenoxy) is 2. The predicted octanol–water partition coefficient (Wildman–Crippen LogP) is 3.08. The van der Waals surface area contributed by atoms with Crippen molar-refractivity contribution in [2.75, 3.05) is 14.2 Å². The molecule has 2 aromatic carbocycles. The van der Waals surface area contributed by atoms with E-state index < -0.39 is 0 Å². The largest absolute Gasteiger partial charge is 0.497 e. The lowest BCUT2D eigenvalue weighted by Crippen LogP contribution is -2.21. The van der Waals surface area contributed by atoms with E-state index in [0.29, 0.717) is 0 Å². The summed E-state index contributed by atoms with van der Waals surface area (Å²) in [5.41, 5.74) is 8.39. The zero-order valence-corrected chi connectivity index (χ0v) is 11.2. The summed E-state index contributed by atoms with van der Waals surface area (Å²) >= 11 is 0. The number of hydrogen-bond acceptors (Lipinski definition) is 3. The van der Waals surface area contributed by atoms with Crippen LogP contribution < -0.4 is 10.5 Å². The molecule has 3 heteroatoms. The van der Waals surface area contributed by atoms with E-state index in [-0.39, 0.29) is 12.1 Å². The molecule has 3 nitrogen and oxygen atoms in total. The van der Waals surface area contributed by atoms with Crippen LogP contribution in [0.4, 0.5) is 0 Å². The second-order valence-corrected chi connectivity index (χ2v) is 4.37. The van der Waals surface area contributed by atoms with Crippen molar-refractivity contribution in [2.45, 2.75) is 12.1 Å². The quantitative estimate of drug-likeness (QED) is 0.895. The summed E-state index contributed by atoms with van der Waals surface area (Å²) < 4.78 is 10.8. The van der Waals surface area contributed by atoms with Crippen molar-refractivity contribution in [1.82, 2.24) is 0 Å². The second-order valence-electron chi connectivity index (χ2n) is 4.37. The van der Waals surface area contributed by atoms with Gasteiger partial charge in [0.05, 0.1) is 13.2 Å². The molecule has 0 aliphatic carbocycles. The number of hydrogen-bond donors (Lipinski definition) is 1. The number of methoxy groups -OCH3 is 2. The Bertz CT molecular complexity index is 513. The minimum atomic E-state index is -0.234. The maximum Gasteiger partial charge on any atom is 0.119 e. The van der Waals surface area contributed by atoms with Gasteiger partial charge < -0.3 is 15.2 Å². The smallest absolute Gasteiger partial charge is 0.119 e. The third-order valence-corrected chi connectivity index (χ3v) is 3.19. The van der Waals surface area contributed by atoms with Crippen LogP contribution in [-0.4, -0.2) is 14.2 Å². The molecule has 0 spiro atoms. The number of nitrogens with two attached hydrogens (primary N) is 1. The minimum absolute atomic E-state index is 0.173. The van der Waals surface area contributed by atoms with E-state index in [1.807, 2.05) is 54.6 Å². The van der Waals surface area contributed by atoms with Gasteiger partial charge in [-0.25, -0.2) is 0 Å². The second kappa shape index (κ2) is 6.36. The molecule has 0 saturated heterocycles. The Hall–Kier alpha value is -1.84. The Kier molecular flexibility index (Phi) is 4.55. The fourth-order valence-corrected chi connectivity index (χ4v) is 2.16. The molecule has 2 rings (SSSR count). The molecule has 19 heavy (non-hydrogen) atoms. The standard InChI is InChI=1S/C16H19NO2/c1-18-14-10-6-9-13(11-14)15(17)16(19-2)12-7-4-3-5-8-12/h3-11,15-16H,17H2,1-2H3. The van der Waals surface area contributed by atoms with Crippen LogP contribution in [0.5, 0.6) is 5.75 Å². The van der Waals surface area contributed by atoms with E-state index in [4.69, 9.17) is 15.2 Å². The van der Waals surface area contributed by atoms with E-state index >= 15 is 0 Å². The third-order valence-electron chi connectivity index (χ3n) is 3.19. The Balaban J connectivity index is 2.27. The van der Waals surface area contributed by atoms with Gasteiger partial charge in [-0.15, -0.1) is 0 Å². The molecule has 0 bridgehead atoms. The Morgan fingerprint density at radius 1 is 0.895 bits per heavy atom. The lowest BCUT2D eigenvalue weighted by atomic mass is 9.96. The highest BCUT2D eigenvalue weighted by atomic mass is 16.5. The molecule has 2 N–H and O–H groups in total. The van der Waals surface area contributed by atoms with E-state index in [0.717, 1.165) is 16.9 Å². The van der Waals surface area contributed by atoms with Crippen molar-refractivity contribution >= 4 is 0 Å². The molecule has 0 radical (unpaired) electrons. The Morgan fingerprint density at radius 3 is 2.21 bits per heavy atom. The average Bonchev–Trinajstić information content (AvgIpc) is 2.49. The van der Waals surface area contributed by atoms with E-state index in [2.05, 4.69) is 0 Å². The van der Waals surface area contributed by atoms with Gasteiger partial charge in [0.15, 0.2) is 0 Å². The molecule has 2 unspecified atom stereocenters. The van der Waals surface area contributed by atoms with Crippen LogP contribution in [-0.2, 0) is 4.74 Å². The molecule has 0 aliphatic heterocycles. The van der Waals surface area contributed by atoms with Gasteiger partial charge in [-0.3, -0.25) is 0 Å². The first kappa shape index (κ1) is 13.6.